The third kappa shape index (κ3) is 6.90. The molecule has 2 amide bonds. The van der Waals surface area contributed by atoms with E-state index in [1.807, 2.05) is 42.3 Å². The zero-order valence-electron chi connectivity index (χ0n) is 16.5. The number of amides is 2. The number of hydrogen-bond acceptors (Lipinski definition) is 5. The van der Waals surface area contributed by atoms with E-state index >= 15 is 0 Å². The van der Waals surface area contributed by atoms with Crippen LogP contribution in [0.25, 0.3) is 0 Å². The number of carbonyl (C=O) groups excluding carboxylic acids is 2. The van der Waals surface area contributed by atoms with Gasteiger partial charge in [0.25, 0.3) is 0 Å². The molecule has 0 aromatic heterocycles. The molecule has 0 saturated heterocycles. The number of ether oxygens (including phenoxy) is 1. The lowest BCUT2D eigenvalue weighted by molar-refractivity contribution is -0.119. The van der Waals surface area contributed by atoms with E-state index < -0.39 is 0 Å². The first-order chi connectivity index (χ1) is 13.5. The SMILES string of the molecule is CCN(CCC(=O)Nc1ccccc1SC)CC(=O)Nc1ccc(OC)cc1. The topological polar surface area (TPSA) is 70.7 Å². The minimum Gasteiger partial charge on any atom is -0.497 e. The highest BCUT2D eigenvalue weighted by molar-refractivity contribution is 7.98. The minimum atomic E-state index is -0.111. The van der Waals surface area contributed by atoms with Crippen LogP contribution in [0.2, 0.25) is 0 Å². The van der Waals surface area contributed by atoms with Gasteiger partial charge in [0.15, 0.2) is 0 Å². The van der Waals surface area contributed by atoms with E-state index in [2.05, 4.69) is 10.6 Å². The van der Waals surface area contributed by atoms with Gasteiger partial charge in [0.2, 0.25) is 11.8 Å². The van der Waals surface area contributed by atoms with Gasteiger partial charge in [-0.1, -0.05) is 19.1 Å². The molecule has 2 aromatic carbocycles. The molecule has 0 aliphatic heterocycles. The summed E-state index contributed by atoms with van der Waals surface area (Å²) < 4.78 is 5.11. The monoisotopic (exact) mass is 401 g/mol. The van der Waals surface area contributed by atoms with E-state index in [0.29, 0.717) is 25.2 Å². The van der Waals surface area contributed by atoms with Gasteiger partial charge in [0.1, 0.15) is 5.75 Å². The summed E-state index contributed by atoms with van der Waals surface area (Å²) in [5.41, 5.74) is 1.54. The lowest BCUT2D eigenvalue weighted by Crippen LogP contribution is -2.35. The molecule has 2 rings (SSSR count). The normalized spacial score (nSPS) is 10.6. The molecule has 0 unspecified atom stereocenters. The van der Waals surface area contributed by atoms with Crippen LogP contribution in [-0.4, -0.2) is 49.7 Å². The molecule has 150 valence electrons. The number of nitrogens with zero attached hydrogens (tertiary/aromatic N) is 1. The number of anilines is 2. The molecule has 7 heteroatoms. The van der Waals surface area contributed by atoms with Crippen molar-refractivity contribution >= 4 is 35.0 Å². The fraction of sp³-hybridized carbons (Fsp3) is 0.333. The quantitative estimate of drug-likeness (QED) is 0.594. The molecule has 0 heterocycles. The van der Waals surface area contributed by atoms with Gasteiger partial charge in [-0.25, -0.2) is 0 Å². The fourth-order valence-electron chi connectivity index (χ4n) is 2.65. The molecular weight excluding hydrogens is 374 g/mol. The van der Waals surface area contributed by atoms with Crippen LogP contribution >= 0.6 is 11.8 Å². The van der Waals surface area contributed by atoms with Crippen molar-refractivity contribution in [1.82, 2.24) is 4.90 Å². The molecule has 0 fully saturated rings. The Morgan fingerprint density at radius 3 is 2.39 bits per heavy atom. The van der Waals surface area contributed by atoms with Gasteiger partial charge in [-0.15, -0.1) is 11.8 Å². The van der Waals surface area contributed by atoms with Crippen molar-refractivity contribution in [2.75, 3.05) is 43.6 Å². The van der Waals surface area contributed by atoms with Crippen molar-refractivity contribution in [1.29, 1.82) is 0 Å². The molecule has 0 saturated carbocycles. The third-order valence-electron chi connectivity index (χ3n) is 4.22. The van der Waals surface area contributed by atoms with Crippen LogP contribution in [0.4, 0.5) is 11.4 Å². The Morgan fingerprint density at radius 1 is 1.04 bits per heavy atom. The third-order valence-corrected chi connectivity index (χ3v) is 5.02. The first-order valence-electron chi connectivity index (χ1n) is 9.14. The molecule has 0 aliphatic rings. The van der Waals surface area contributed by atoms with E-state index in [0.717, 1.165) is 16.3 Å². The Kier molecular flexibility index (Phi) is 8.84. The number of benzene rings is 2. The van der Waals surface area contributed by atoms with Gasteiger partial charge < -0.3 is 15.4 Å². The summed E-state index contributed by atoms with van der Waals surface area (Å²) in [6, 6.07) is 14.9. The summed E-state index contributed by atoms with van der Waals surface area (Å²) in [5.74, 6) is 0.568. The van der Waals surface area contributed by atoms with Crippen LogP contribution in [0.3, 0.4) is 0 Å². The Labute approximate surface area is 170 Å². The second kappa shape index (κ2) is 11.4. The van der Waals surface area contributed by atoms with Gasteiger partial charge in [-0.2, -0.15) is 0 Å². The maximum atomic E-state index is 12.3. The fourth-order valence-corrected chi connectivity index (χ4v) is 3.20. The van der Waals surface area contributed by atoms with Gasteiger partial charge in [-0.05, 0) is 49.2 Å². The summed E-state index contributed by atoms with van der Waals surface area (Å²) in [7, 11) is 1.60. The molecular formula is C21H27N3O3S. The van der Waals surface area contributed by atoms with Crippen molar-refractivity contribution in [3.63, 3.8) is 0 Å². The van der Waals surface area contributed by atoms with Crippen molar-refractivity contribution in [2.45, 2.75) is 18.2 Å². The van der Waals surface area contributed by atoms with Crippen LogP contribution in [-0.2, 0) is 9.59 Å². The van der Waals surface area contributed by atoms with Crippen LogP contribution in [0, 0.1) is 0 Å². The lowest BCUT2D eigenvalue weighted by Gasteiger charge is -2.20. The summed E-state index contributed by atoms with van der Waals surface area (Å²) in [6.45, 7) is 3.41. The van der Waals surface area contributed by atoms with Crippen LogP contribution < -0.4 is 15.4 Å². The maximum absolute atomic E-state index is 12.3. The van der Waals surface area contributed by atoms with Gasteiger partial charge >= 0.3 is 0 Å². The second-order valence-corrected chi connectivity index (χ2v) is 6.99. The zero-order valence-corrected chi connectivity index (χ0v) is 17.3. The number of nitrogens with one attached hydrogen (secondary N) is 2. The molecule has 6 nitrogen and oxygen atoms in total. The van der Waals surface area contributed by atoms with Gasteiger partial charge in [0.05, 0.1) is 19.3 Å². The summed E-state index contributed by atoms with van der Waals surface area (Å²) in [5, 5.41) is 5.81. The van der Waals surface area contributed by atoms with E-state index in [4.69, 9.17) is 4.74 Å². The van der Waals surface area contributed by atoms with E-state index in [1.54, 1.807) is 43.1 Å². The number of methoxy groups -OCH3 is 1. The standard InChI is InChI=1S/C21H27N3O3S/c1-4-24(15-21(26)22-16-9-11-17(27-2)12-10-16)14-13-20(25)23-18-7-5-6-8-19(18)28-3/h5-12H,4,13-15H2,1-3H3,(H,22,26)(H,23,25). The average Bonchev–Trinajstić information content (AvgIpc) is 2.72. The molecule has 0 bridgehead atoms. The Bertz CT molecular complexity index is 781. The van der Waals surface area contributed by atoms with E-state index in [1.165, 1.54) is 0 Å². The van der Waals surface area contributed by atoms with E-state index in [-0.39, 0.29) is 18.4 Å². The van der Waals surface area contributed by atoms with Gasteiger partial charge in [0, 0.05) is 23.5 Å². The van der Waals surface area contributed by atoms with Crippen molar-refractivity contribution < 1.29 is 14.3 Å². The highest BCUT2D eigenvalue weighted by atomic mass is 32.2. The summed E-state index contributed by atoms with van der Waals surface area (Å²) >= 11 is 1.59. The lowest BCUT2D eigenvalue weighted by atomic mass is 10.3. The molecule has 0 atom stereocenters. The number of likely N-dealkylation sites (N-methyl/N-ethyl adjacent to an activating group) is 1. The molecule has 2 aromatic rings. The van der Waals surface area contributed by atoms with Crippen LogP contribution in [0.1, 0.15) is 13.3 Å². The highest BCUT2D eigenvalue weighted by Crippen LogP contribution is 2.24. The smallest absolute Gasteiger partial charge is 0.238 e. The Balaban J connectivity index is 1.80. The predicted molar refractivity (Wildman–Crippen MR) is 115 cm³/mol. The van der Waals surface area contributed by atoms with Crippen molar-refractivity contribution in [3.8, 4) is 5.75 Å². The predicted octanol–water partition coefficient (Wildman–Crippen LogP) is 3.71. The summed E-state index contributed by atoms with van der Waals surface area (Å²) in [6.07, 6.45) is 2.30. The Hall–Kier alpha value is -2.51. The van der Waals surface area contributed by atoms with Crippen LogP contribution in [0.5, 0.6) is 5.75 Å². The van der Waals surface area contributed by atoms with Gasteiger partial charge in [-0.3, -0.25) is 14.5 Å². The minimum absolute atomic E-state index is 0.0597. The van der Waals surface area contributed by atoms with Crippen molar-refractivity contribution in [2.24, 2.45) is 0 Å². The first kappa shape index (κ1) is 21.8. The molecule has 0 aliphatic carbocycles. The first-order valence-corrected chi connectivity index (χ1v) is 10.4. The number of thioether (sulfide) groups is 1. The second-order valence-electron chi connectivity index (χ2n) is 6.14. The number of para-hydroxylation sites is 1. The molecule has 2 N–H and O–H groups in total. The molecule has 0 radical (unpaired) electrons. The maximum Gasteiger partial charge on any atom is 0.238 e. The Morgan fingerprint density at radius 2 is 1.75 bits per heavy atom. The number of rotatable bonds is 10. The summed E-state index contributed by atoms with van der Waals surface area (Å²) in [4.78, 5) is 27.5. The number of hydrogen-bond donors (Lipinski definition) is 2. The molecule has 28 heavy (non-hydrogen) atoms. The molecule has 0 spiro atoms. The highest BCUT2D eigenvalue weighted by Gasteiger charge is 2.12. The zero-order chi connectivity index (χ0) is 20.4. The average molecular weight is 402 g/mol. The largest absolute Gasteiger partial charge is 0.497 e. The van der Waals surface area contributed by atoms with Crippen molar-refractivity contribution in [3.05, 3.63) is 48.5 Å². The van der Waals surface area contributed by atoms with Crippen LogP contribution in [0.15, 0.2) is 53.4 Å². The number of carbonyl (C=O) groups is 2. The van der Waals surface area contributed by atoms with E-state index in [9.17, 15) is 9.59 Å².